The number of nitrogens with one attached hydrogen (secondary N) is 2. The van der Waals surface area contributed by atoms with Gasteiger partial charge in [0.2, 0.25) is 11.8 Å². The monoisotopic (exact) mass is 666 g/mol. The van der Waals surface area contributed by atoms with Crippen molar-refractivity contribution in [2.75, 3.05) is 17.9 Å². The summed E-state index contributed by atoms with van der Waals surface area (Å²) in [5.74, 6) is -0.739. The second-order valence-corrected chi connectivity index (χ2v) is 16.9. The number of aryl methyl sites for hydroxylation is 2. The molecule has 0 bridgehead atoms. The number of nitrogens with zero attached hydrogens (tertiary/aromatic N) is 2. The van der Waals surface area contributed by atoms with Crippen LogP contribution in [0.15, 0.2) is 53.4 Å². The Morgan fingerprint density at radius 3 is 2.23 bits per heavy atom. The first kappa shape index (κ1) is 36.3. The molecule has 10 nitrogen and oxygen atoms in total. The Morgan fingerprint density at radius 2 is 1.64 bits per heavy atom. The van der Waals surface area contributed by atoms with Crippen LogP contribution in [-0.4, -0.2) is 59.9 Å². The maximum atomic E-state index is 13.4. The van der Waals surface area contributed by atoms with Crippen LogP contribution in [-0.2, 0) is 14.8 Å². The molecule has 4 rings (SSSR count). The predicted octanol–water partition coefficient (Wildman–Crippen LogP) is 7.02. The van der Waals surface area contributed by atoms with E-state index in [1.165, 1.54) is 18.2 Å². The first-order valence-corrected chi connectivity index (χ1v) is 17.6. The standard InChI is InChI=1S/C36H50N4O6S/c1-23-12-10-13-24(2)31(23)29-17-30(39-33(38-29)40-47(43,44)28-15-11-14-26(16-28)32(41)42)45-22-27(20-34(3,4)5)37-21-25-18-35(6,7)46-36(8,9)19-25/h10-17,25,27,37H,18-22H2,1-9H3,(H,41,42)(H,38,39,40). The SMILES string of the molecule is Cc1cccc(C)c1-c1cc(OCC(CC(C)(C)C)NCC2CC(C)(C)OC(C)(C)C2)nc(NS(=O)(=O)c2cccc(C(=O)O)c2)n1. The van der Waals surface area contributed by atoms with Crippen LogP contribution in [0.25, 0.3) is 11.3 Å². The van der Waals surface area contributed by atoms with Gasteiger partial charge in [-0.15, -0.1) is 0 Å². The van der Waals surface area contributed by atoms with E-state index in [4.69, 9.17) is 9.47 Å². The highest BCUT2D eigenvalue weighted by Crippen LogP contribution is 2.38. The van der Waals surface area contributed by atoms with Crippen molar-refractivity contribution in [1.29, 1.82) is 0 Å². The lowest BCUT2D eigenvalue weighted by molar-refractivity contribution is -0.172. The Labute approximate surface area is 279 Å². The van der Waals surface area contributed by atoms with E-state index in [0.29, 0.717) is 18.2 Å². The molecule has 0 amide bonds. The maximum Gasteiger partial charge on any atom is 0.335 e. The molecule has 1 aliphatic heterocycles. The van der Waals surface area contributed by atoms with Crippen LogP contribution in [0, 0.1) is 25.2 Å². The predicted molar refractivity (Wildman–Crippen MR) is 184 cm³/mol. The zero-order chi connectivity index (χ0) is 34.8. The molecule has 1 unspecified atom stereocenters. The van der Waals surface area contributed by atoms with Gasteiger partial charge in [0.25, 0.3) is 10.0 Å². The molecule has 1 saturated heterocycles. The summed E-state index contributed by atoms with van der Waals surface area (Å²) in [6.45, 7) is 20.2. The molecule has 1 fully saturated rings. The van der Waals surface area contributed by atoms with Gasteiger partial charge >= 0.3 is 5.97 Å². The van der Waals surface area contributed by atoms with E-state index in [1.807, 2.05) is 32.0 Å². The molecular formula is C36H50N4O6S. The number of rotatable bonds is 12. The molecule has 0 aliphatic carbocycles. The molecular weight excluding hydrogens is 616 g/mol. The summed E-state index contributed by atoms with van der Waals surface area (Å²) in [5, 5.41) is 13.1. The highest BCUT2D eigenvalue weighted by Gasteiger charge is 2.39. The molecule has 0 radical (unpaired) electrons. The van der Waals surface area contributed by atoms with Crippen LogP contribution in [0.5, 0.6) is 5.88 Å². The molecule has 256 valence electrons. The van der Waals surface area contributed by atoms with Gasteiger partial charge in [0.15, 0.2) is 0 Å². The minimum Gasteiger partial charge on any atom is -0.478 e. The van der Waals surface area contributed by atoms with E-state index in [0.717, 1.165) is 48.6 Å². The Bertz CT molecular complexity index is 1660. The van der Waals surface area contributed by atoms with Gasteiger partial charge < -0.3 is 19.9 Å². The Balaban J connectivity index is 1.63. The highest BCUT2D eigenvalue weighted by molar-refractivity contribution is 7.92. The quantitative estimate of drug-likeness (QED) is 0.186. The van der Waals surface area contributed by atoms with Crippen LogP contribution in [0.2, 0.25) is 0 Å². The average molecular weight is 667 g/mol. The maximum absolute atomic E-state index is 13.4. The van der Waals surface area contributed by atoms with E-state index in [1.54, 1.807) is 6.07 Å². The Hall–Kier alpha value is -3.54. The molecule has 1 aliphatic rings. The summed E-state index contributed by atoms with van der Waals surface area (Å²) >= 11 is 0. The molecule has 0 saturated carbocycles. The van der Waals surface area contributed by atoms with Crippen molar-refractivity contribution in [1.82, 2.24) is 15.3 Å². The van der Waals surface area contributed by atoms with Crippen molar-refractivity contribution in [3.05, 3.63) is 65.2 Å². The number of aromatic nitrogens is 2. The molecule has 47 heavy (non-hydrogen) atoms. The second-order valence-electron chi connectivity index (χ2n) is 15.2. The lowest BCUT2D eigenvalue weighted by atomic mass is 9.80. The van der Waals surface area contributed by atoms with E-state index in [9.17, 15) is 18.3 Å². The van der Waals surface area contributed by atoms with E-state index in [2.05, 4.69) is 68.5 Å². The number of carbonyl (C=O) groups is 1. The molecule has 11 heteroatoms. The number of ether oxygens (including phenoxy) is 2. The average Bonchev–Trinajstić information content (AvgIpc) is 2.92. The fraction of sp³-hybridized carbons (Fsp3) is 0.528. The minimum absolute atomic E-state index is 0.00147. The van der Waals surface area contributed by atoms with Crippen molar-refractivity contribution in [3.63, 3.8) is 0 Å². The van der Waals surface area contributed by atoms with Gasteiger partial charge in [0, 0.05) is 17.7 Å². The van der Waals surface area contributed by atoms with Gasteiger partial charge in [0.1, 0.15) is 6.61 Å². The summed E-state index contributed by atoms with van der Waals surface area (Å²) in [4.78, 5) is 20.3. The summed E-state index contributed by atoms with van der Waals surface area (Å²) < 4.78 is 41.8. The second kappa shape index (κ2) is 13.9. The van der Waals surface area contributed by atoms with Gasteiger partial charge in [-0.05, 0) is 108 Å². The molecule has 0 spiro atoms. The Kier molecular flexibility index (Phi) is 10.7. The molecule has 3 aromatic rings. The molecule has 2 heterocycles. The number of carboxylic acid groups (broad SMARTS) is 1. The fourth-order valence-corrected chi connectivity index (χ4v) is 7.74. The number of hydrogen-bond acceptors (Lipinski definition) is 8. The number of anilines is 1. The van der Waals surface area contributed by atoms with Crippen LogP contribution in [0.4, 0.5) is 5.95 Å². The first-order chi connectivity index (χ1) is 21.7. The summed E-state index contributed by atoms with van der Waals surface area (Å²) in [7, 11) is -4.22. The van der Waals surface area contributed by atoms with Gasteiger partial charge in [-0.25, -0.2) is 22.9 Å². The molecule has 2 aromatic carbocycles. The van der Waals surface area contributed by atoms with Crippen LogP contribution in [0.3, 0.4) is 0 Å². The molecule has 1 atom stereocenters. The van der Waals surface area contributed by atoms with E-state index in [-0.39, 0.29) is 44.9 Å². The number of hydrogen-bond donors (Lipinski definition) is 3. The van der Waals surface area contributed by atoms with Crippen molar-refractivity contribution >= 4 is 21.9 Å². The fourth-order valence-electron chi connectivity index (χ4n) is 6.75. The first-order valence-electron chi connectivity index (χ1n) is 16.1. The summed E-state index contributed by atoms with van der Waals surface area (Å²) in [6, 6.07) is 12.8. The number of sulfonamides is 1. The van der Waals surface area contributed by atoms with Gasteiger partial charge in [-0.2, -0.15) is 4.98 Å². The molecule has 1 aromatic heterocycles. The summed E-state index contributed by atoms with van der Waals surface area (Å²) in [5.41, 5.74) is 2.76. The summed E-state index contributed by atoms with van der Waals surface area (Å²) in [6.07, 6.45) is 2.75. The van der Waals surface area contributed by atoms with Crippen molar-refractivity contribution in [2.45, 2.75) is 104 Å². The topological polar surface area (TPSA) is 140 Å². The third-order valence-corrected chi connectivity index (χ3v) is 9.48. The van der Waals surface area contributed by atoms with E-state index < -0.39 is 16.0 Å². The number of aromatic carboxylic acids is 1. The highest BCUT2D eigenvalue weighted by atomic mass is 32.2. The van der Waals surface area contributed by atoms with E-state index >= 15 is 0 Å². The lowest BCUT2D eigenvalue weighted by Crippen LogP contribution is -2.49. The zero-order valence-corrected chi connectivity index (χ0v) is 29.9. The number of carboxylic acids is 1. The third kappa shape index (κ3) is 10.2. The largest absolute Gasteiger partial charge is 0.478 e. The molecule has 3 N–H and O–H groups in total. The van der Waals surface area contributed by atoms with Gasteiger partial charge in [-0.1, -0.05) is 45.0 Å². The minimum atomic E-state index is -4.22. The smallest absolute Gasteiger partial charge is 0.335 e. The normalized spacial score (nSPS) is 17.2. The van der Waals surface area contributed by atoms with Crippen LogP contribution < -0.4 is 14.8 Å². The Morgan fingerprint density at radius 1 is 1.02 bits per heavy atom. The van der Waals surface area contributed by atoms with Crippen molar-refractivity contribution in [3.8, 4) is 17.1 Å². The lowest BCUT2D eigenvalue weighted by Gasteiger charge is -2.45. The third-order valence-electron chi connectivity index (χ3n) is 8.16. The van der Waals surface area contributed by atoms with Gasteiger partial charge in [0.05, 0.1) is 27.4 Å². The van der Waals surface area contributed by atoms with Crippen molar-refractivity contribution in [2.24, 2.45) is 11.3 Å². The van der Waals surface area contributed by atoms with Crippen LogP contribution in [0.1, 0.15) is 89.2 Å². The van der Waals surface area contributed by atoms with Crippen LogP contribution >= 0.6 is 0 Å². The van der Waals surface area contributed by atoms with Gasteiger partial charge in [-0.3, -0.25) is 0 Å². The zero-order valence-electron chi connectivity index (χ0n) is 29.1. The van der Waals surface area contributed by atoms with Crippen molar-refractivity contribution < 1.29 is 27.8 Å². The number of benzene rings is 2.